The van der Waals surface area contributed by atoms with E-state index in [2.05, 4.69) is 38.1 Å². The van der Waals surface area contributed by atoms with E-state index in [-0.39, 0.29) is 6.04 Å². The Hall–Kier alpha value is -1.02. The molecule has 1 aliphatic rings. The van der Waals surface area contributed by atoms with Gasteiger partial charge in [-0.05, 0) is 49.3 Å². The van der Waals surface area contributed by atoms with E-state index in [1.54, 1.807) is 0 Å². The maximum atomic E-state index is 6.05. The molecular weight excluding hydrogens is 222 g/mol. The molecule has 2 nitrogen and oxygen atoms in total. The zero-order chi connectivity index (χ0) is 13.0. The summed E-state index contributed by atoms with van der Waals surface area (Å²) in [5.41, 5.74) is 7.20. The standard InChI is InChI=1S/C16H25NO/c1-3-16(17)13-7-9-14(10-8-13)18-15-6-4-5-12(2)11-15/h7-10,12,15-16H,3-6,11,17H2,1-2H3/t12?,15?,16-/m1/s1. The molecule has 0 saturated heterocycles. The molecule has 0 spiro atoms. The SMILES string of the molecule is CC[C@@H](N)c1ccc(OC2CCCC(C)C2)cc1. The molecule has 0 aromatic heterocycles. The van der Waals surface area contributed by atoms with Crippen molar-refractivity contribution in [2.45, 2.75) is 58.1 Å². The van der Waals surface area contributed by atoms with Crippen LogP contribution in [0.5, 0.6) is 5.75 Å². The molecule has 2 unspecified atom stereocenters. The summed E-state index contributed by atoms with van der Waals surface area (Å²) in [6.07, 6.45) is 6.41. The van der Waals surface area contributed by atoms with Crippen molar-refractivity contribution >= 4 is 0 Å². The third kappa shape index (κ3) is 3.49. The van der Waals surface area contributed by atoms with Crippen molar-refractivity contribution in [3.8, 4) is 5.75 Å². The minimum Gasteiger partial charge on any atom is -0.490 e. The summed E-state index contributed by atoms with van der Waals surface area (Å²) in [6, 6.07) is 8.45. The molecule has 1 aromatic rings. The van der Waals surface area contributed by atoms with Gasteiger partial charge in [-0.25, -0.2) is 0 Å². The second-order valence-corrected chi connectivity index (χ2v) is 5.60. The number of rotatable bonds is 4. The minimum absolute atomic E-state index is 0.147. The average Bonchev–Trinajstić information content (AvgIpc) is 2.39. The predicted octanol–water partition coefficient (Wildman–Crippen LogP) is 4.05. The molecular formula is C16H25NO. The molecule has 0 radical (unpaired) electrons. The fourth-order valence-corrected chi connectivity index (χ4v) is 2.71. The largest absolute Gasteiger partial charge is 0.490 e. The number of ether oxygens (including phenoxy) is 1. The summed E-state index contributed by atoms with van der Waals surface area (Å²) in [6.45, 7) is 4.43. The molecule has 2 rings (SSSR count). The molecule has 1 aliphatic carbocycles. The van der Waals surface area contributed by atoms with E-state index in [1.165, 1.54) is 31.2 Å². The Morgan fingerprint density at radius 1 is 1.28 bits per heavy atom. The lowest BCUT2D eigenvalue weighted by Gasteiger charge is -2.27. The number of benzene rings is 1. The highest BCUT2D eigenvalue weighted by Gasteiger charge is 2.20. The van der Waals surface area contributed by atoms with E-state index < -0.39 is 0 Å². The molecule has 1 fully saturated rings. The molecule has 2 N–H and O–H groups in total. The molecule has 100 valence electrons. The van der Waals surface area contributed by atoms with E-state index in [4.69, 9.17) is 10.5 Å². The van der Waals surface area contributed by atoms with Crippen molar-refractivity contribution < 1.29 is 4.74 Å². The summed E-state index contributed by atoms with van der Waals surface area (Å²) in [4.78, 5) is 0. The molecule has 0 heterocycles. The van der Waals surface area contributed by atoms with Crippen LogP contribution in [0.1, 0.15) is 57.6 Å². The quantitative estimate of drug-likeness (QED) is 0.871. The maximum absolute atomic E-state index is 6.05. The van der Waals surface area contributed by atoms with Crippen LogP contribution < -0.4 is 10.5 Å². The molecule has 0 amide bonds. The van der Waals surface area contributed by atoms with Gasteiger partial charge in [0.2, 0.25) is 0 Å². The number of nitrogens with two attached hydrogens (primary N) is 1. The van der Waals surface area contributed by atoms with Crippen LogP contribution in [0.25, 0.3) is 0 Å². The second-order valence-electron chi connectivity index (χ2n) is 5.60. The Labute approximate surface area is 111 Å². The monoisotopic (exact) mass is 247 g/mol. The third-order valence-corrected chi connectivity index (χ3v) is 3.94. The van der Waals surface area contributed by atoms with Gasteiger partial charge in [0.1, 0.15) is 5.75 Å². The molecule has 1 aromatic carbocycles. The van der Waals surface area contributed by atoms with E-state index in [0.29, 0.717) is 6.10 Å². The van der Waals surface area contributed by atoms with E-state index in [9.17, 15) is 0 Å². The second kappa shape index (κ2) is 6.24. The summed E-state index contributed by atoms with van der Waals surface area (Å²) >= 11 is 0. The van der Waals surface area contributed by atoms with Crippen LogP contribution in [0, 0.1) is 5.92 Å². The van der Waals surface area contributed by atoms with E-state index in [1.807, 2.05) is 0 Å². The van der Waals surface area contributed by atoms with Gasteiger partial charge >= 0.3 is 0 Å². The van der Waals surface area contributed by atoms with Gasteiger partial charge in [0, 0.05) is 6.04 Å². The van der Waals surface area contributed by atoms with Gasteiger partial charge in [-0.3, -0.25) is 0 Å². The van der Waals surface area contributed by atoms with Gasteiger partial charge in [-0.2, -0.15) is 0 Å². The van der Waals surface area contributed by atoms with E-state index in [0.717, 1.165) is 18.1 Å². The zero-order valence-electron chi connectivity index (χ0n) is 11.6. The highest BCUT2D eigenvalue weighted by atomic mass is 16.5. The van der Waals surface area contributed by atoms with Crippen molar-refractivity contribution in [3.63, 3.8) is 0 Å². The van der Waals surface area contributed by atoms with Crippen molar-refractivity contribution in [1.29, 1.82) is 0 Å². The minimum atomic E-state index is 0.147. The van der Waals surface area contributed by atoms with Crippen molar-refractivity contribution in [2.75, 3.05) is 0 Å². The van der Waals surface area contributed by atoms with Gasteiger partial charge in [0.25, 0.3) is 0 Å². The lowest BCUT2D eigenvalue weighted by atomic mass is 9.89. The number of hydrogen-bond donors (Lipinski definition) is 1. The Bertz CT molecular complexity index is 360. The summed E-state index contributed by atoms with van der Waals surface area (Å²) in [7, 11) is 0. The van der Waals surface area contributed by atoms with E-state index >= 15 is 0 Å². The smallest absolute Gasteiger partial charge is 0.119 e. The van der Waals surface area contributed by atoms with Crippen LogP contribution >= 0.6 is 0 Å². The molecule has 0 aliphatic heterocycles. The first kappa shape index (κ1) is 13.4. The van der Waals surface area contributed by atoms with Gasteiger partial charge in [0.05, 0.1) is 6.10 Å². The first-order chi connectivity index (χ1) is 8.69. The Balaban J connectivity index is 1.93. The van der Waals surface area contributed by atoms with Crippen molar-refractivity contribution in [3.05, 3.63) is 29.8 Å². The topological polar surface area (TPSA) is 35.2 Å². The molecule has 3 atom stereocenters. The first-order valence-electron chi connectivity index (χ1n) is 7.21. The van der Waals surface area contributed by atoms with Crippen molar-refractivity contribution in [1.82, 2.24) is 0 Å². The molecule has 0 bridgehead atoms. The average molecular weight is 247 g/mol. The molecule has 18 heavy (non-hydrogen) atoms. The van der Waals surface area contributed by atoms with Crippen molar-refractivity contribution in [2.24, 2.45) is 11.7 Å². The van der Waals surface area contributed by atoms with Crippen LogP contribution in [0.4, 0.5) is 0 Å². The third-order valence-electron chi connectivity index (χ3n) is 3.94. The normalized spacial score (nSPS) is 25.7. The highest BCUT2D eigenvalue weighted by Crippen LogP contribution is 2.28. The molecule has 2 heteroatoms. The predicted molar refractivity (Wildman–Crippen MR) is 75.7 cm³/mol. The summed E-state index contributed by atoms with van der Waals surface area (Å²) in [5.74, 6) is 1.79. The van der Waals surface area contributed by atoms with Crippen LogP contribution in [-0.4, -0.2) is 6.10 Å². The van der Waals surface area contributed by atoms with Gasteiger partial charge in [-0.15, -0.1) is 0 Å². The van der Waals surface area contributed by atoms with Gasteiger partial charge in [-0.1, -0.05) is 32.4 Å². The lowest BCUT2D eigenvalue weighted by molar-refractivity contribution is 0.129. The van der Waals surface area contributed by atoms with Crippen LogP contribution in [-0.2, 0) is 0 Å². The first-order valence-corrected chi connectivity index (χ1v) is 7.21. The fraction of sp³-hybridized carbons (Fsp3) is 0.625. The Morgan fingerprint density at radius 2 is 2.00 bits per heavy atom. The maximum Gasteiger partial charge on any atom is 0.119 e. The highest BCUT2D eigenvalue weighted by molar-refractivity contribution is 5.29. The lowest BCUT2D eigenvalue weighted by Crippen LogP contribution is -2.24. The zero-order valence-corrected chi connectivity index (χ0v) is 11.6. The van der Waals surface area contributed by atoms with Gasteiger partial charge < -0.3 is 10.5 Å². The summed E-state index contributed by atoms with van der Waals surface area (Å²) in [5, 5.41) is 0. The van der Waals surface area contributed by atoms with Crippen LogP contribution in [0.3, 0.4) is 0 Å². The Morgan fingerprint density at radius 3 is 2.61 bits per heavy atom. The molecule has 1 saturated carbocycles. The summed E-state index contributed by atoms with van der Waals surface area (Å²) < 4.78 is 6.05. The fourth-order valence-electron chi connectivity index (χ4n) is 2.71. The van der Waals surface area contributed by atoms with Crippen LogP contribution in [0.2, 0.25) is 0 Å². The Kier molecular flexibility index (Phi) is 4.65. The van der Waals surface area contributed by atoms with Crippen LogP contribution in [0.15, 0.2) is 24.3 Å². The van der Waals surface area contributed by atoms with Gasteiger partial charge in [0.15, 0.2) is 0 Å². The number of hydrogen-bond acceptors (Lipinski definition) is 2.